The van der Waals surface area contributed by atoms with Crippen molar-refractivity contribution in [2.24, 2.45) is 5.92 Å². The second-order valence-corrected chi connectivity index (χ2v) is 10.7. The third-order valence-electron chi connectivity index (χ3n) is 7.41. The number of nitrogens with zero attached hydrogens (tertiary/aromatic N) is 1. The number of hydrogen-bond donors (Lipinski definition) is 0. The van der Waals surface area contributed by atoms with Gasteiger partial charge in [-0.3, -0.25) is 4.98 Å². The fourth-order valence-electron chi connectivity index (χ4n) is 4.98. The Labute approximate surface area is 226 Å². The SMILES string of the molecule is CCCCCCCCCC[C@H]1CO[C@H](c2ccc(-c3ccc(OCCCCCCCC)cc3)nc2)OC1. The summed E-state index contributed by atoms with van der Waals surface area (Å²) >= 11 is 0. The molecular weight excluding hydrogens is 458 g/mol. The zero-order valence-electron chi connectivity index (χ0n) is 23.6. The van der Waals surface area contributed by atoms with Gasteiger partial charge in [-0.2, -0.15) is 0 Å². The monoisotopic (exact) mass is 509 g/mol. The van der Waals surface area contributed by atoms with Crippen LogP contribution in [0.1, 0.15) is 122 Å². The van der Waals surface area contributed by atoms with Crippen LogP contribution in [0.3, 0.4) is 0 Å². The Hall–Kier alpha value is -1.91. The smallest absolute Gasteiger partial charge is 0.185 e. The number of aromatic nitrogens is 1. The Balaban J connectivity index is 1.31. The van der Waals surface area contributed by atoms with Crippen LogP contribution in [0.5, 0.6) is 5.75 Å². The van der Waals surface area contributed by atoms with Gasteiger partial charge in [-0.15, -0.1) is 0 Å². The lowest BCUT2D eigenvalue weighted by Crippen LogP contribution is -2.27. The maximum absolute atomic E-state index is 6.06. The van der Waals surface area contributed by atoms with E-state index in [0.717, 1.165) is 48.8 Å². The lowest BCUT2D eigenvalue weighted by atomic mass is 10.0. The highest BCUT2D eigenvalue weighted by Crippen LogP contribution is 2.29. The van der Waals surface area contributed by atoms with Gasteiger partial charge in [0.05, 0.1) is 25.5 Å². The fourth-order valence-corrected chi connectivity index (χ4v) is 4.98. The fraction of sp³-hybridized carbons (Fsp3) is 0.667. The summed E-state index contributed by atoms with van der Waals surface area (Å²) in [5.41, 5.74) is 3.04. The molecule has 1 aromatic heterocycles. The molecule has 3 rings (SSSR count). The summed E-state index contributed by atoms with van der Waals surface area (Å²) in [5, 5.41) is 0. The largest absolute Gasteiger partial charge is 0.494 e. The van der Waals surface area contributed by atoms with Gasteiger partial charge < -0.3 is 14.2 Å². The summed E-state index contributed by atoms with van der Waals surface area (Å²) in [4.78, 5) is 4.68. The molecule has 0 radical (unpaired) electrons. The van der Waals surface area contributed by atoms with Crippen LogP contribution >= 0.6 is 0 Å². The van der Waals surface area contributed by atoms with E-state index in [2.05, 4.69) is 43.1 Å². The molecule has 1 aliphatic rings. The van der Waals surface area contributed by atoms with E-state index in [1.807, 2.05) is 18.3 Å². The Kier molecular flexibility index (Phi) is 14.7. The van der Waals surface area contributed by atoms with Gasteiger partial charge in [-0.1, -0.05) is 103 Å². The van der Waals surface area contributed by atoms with Gasteiger partial charge in [0.25, 0.3) is 0 Å². The molecule has 0 amide bonds. The van der Waals surface area contributed by atoms with Crippen LogP contribution in [0.15, 0.2) is 42.6 Å². The van der Waals surface area contributed by atoms with E-state index in [1.165, 1.54) is 89.9 Å². The quantitative estimate of drug-likeness (QED) is 0.177. The van der Waals surface area contributed by atoms with E-state index < -0.39 is 0 Å². The minimum absolute atomic E-state index is 0.297. The van der Waals surface area contributed by atoms with Crippen LogP contribution in [0, 0.1) is 5.92 Å². The molecule has 37 heavy (non-hydrogen) atoms. The van der Waals surface area contributed by atoms with Crippen LogP contribution in [0.2, 0.25) is 0 Å². The molecule has 2 heterocycles. The van der Waals surface area contributed by atoms with Crippen LogP contribution in [0.4, 0.5) is 0 Å². The highest BCUT2D eigenvalue weighted by molar-refractivity contribution is 5.60. The van der Waals surface area contributed by atoms with Crippen molar-refractivity contribution in [3.05, 3.63) is 48.2 Å². The molecule has 4 heteroatoms. The molecule has 0 bridgehead atoms. The number of rotatable bonds is 19. The van der Waals surface area contributed by atoms with Crippen molar-refractivity contribution in [1.82, 2.24) is 4.98 Å². The normalized spacial score (nSPS) is 17.7. The highest BCUT2D eigenvalue weighted by Gasteiger charge is 2.23. The minimum atomic E-state index is -0.297. The van der Waals surface area contributed by atoms with E-state index in [0.29, 0.717) is 5.92 Å². The van der Waals surface area contributed by atoms with Gasteiger partial charge in [-0.25, -0.2) is 0 Å². The van der Waals surface area contributed by atoms with Gasteiger partial charge >= 0.3 is 0 Å². The highest BCUT2D eigenvalue weighted by atomic mass is 16.7. The molecule has 1 aromatic carbocycles. The van der Waals surface area contributed by atoms with Crippen LogP contribution in [0.25, 0.3) is 11.3 Å². The molecule has 0 spiro atoms. The predicted molar refractivity (Wildman–Crippen MR) is 154 cm³/mol. The minimum Gasteiger partial charge on any atom is -0.494 e. The first-order valence-electron chi connectivity index (χ1n) is 15.2. The van der Waals surface area contributed by atoms with Gasteiger partial charge in [0, 0.05) is 23.2 Å². The Morgan fingerprint density at radius 3 is 1.89 bits per heavy atom. The third-order valence-corrected chi connectivity index (χ3v) is 7.41. The number of ether oxygens (including phenoxy) is 3. The molecule has 4 nitrogen and oxygen atoms in total. The number of pyridine rings is 1. The molecule has 0 N–H and O–H groups in total. The zero-order valence-corrected chi connectivity index (χ0v) is 23.6. The topological polar surface area (TPSA) is 40.6 Å². The Morgan fingerprint density at radius 1 is 0.703 bits per heavy atom. The van der Waals surface area contributed by atoms with Crippen molar-refractivity contribution in [2.75, 3.05) is 19.8 Å². The van der Waals surface area contributed by atoms with Gasteiger partial charge in [-0.05, 0) is 43.2 Å². The number of benzene rings is 1. The lowest BCUT2D eigenvalue weighted by molar-refractivity contribution is -0.206. The Morgan fingerprint density at radius 2 is 1.30 bits per heavy atom. The van der Waals surface area contributed by atoms with Gasteiger partial charge in [0.1, 0.15) is 5.75 Å². The average molecular weight is 510 g/mol. The first-order chi connectivity index (χ1) is 18.3. The van der Waals surface area contributed by atoms with Crippen LogP contribution in [-0.4, -0.2) is 24.8 Å². The van der Waals surface area contributed by atoms with Crippen molar-refractivity contribution in [2.45, 2.75) is 116 Å². The van der Waals surface area contributed by atoms with Crippen LogP contribution < -0.4 is 4.74 Å². The molecular formula is C33H51NO3. The number of unbranched alkanes of at least 4 members (excludes halogenated alkanes) is 12. The molecule has 0 unspecified atom stereocenters. The molecule has 2 aromatic rings. The third kappa shape index (κ3) is 11.6. The van der Waals surface area contributed by atoms with Crippen molar-refractivity contribution >= 4 is 0 Å². The van der Waals surface area contributed by atoms with Crippen molar-refractivity contribution in [3.8, 4) is 17.0 Å². The lowest BCUT2D eigenvalue weighted by Gasteiger charge is -2.29. The van der Waals surface area contributed by atoms with E-state index in [4.69, 9.17) is 14.2 Å². The van der Waals surface area contributed by atoms with Gasteiger partial charge in [0.2, 0.25) is 0 Å². The maximum atomic E-state index is 6.06. The summed E-state index contributed by atoms with van der Waals surface area (Å²) in [7, 11) is 0. The number of hydrogen-bond acceptors (Lipinski definition) is 4. The molecule has 206 valence electrons. The molecule has 0 atom stereocenters. The van der Waals surface area contributed by atoms with E-state index >= 15 is 0 Å². The standard InChI is InChI=1S/C33H51NO3/c1-3-5-7-9-11-12-13-15-17-28-26-36-33(37-27-28)30-20-23-32(34-25-30)29-18-21-31(22-19-29)35-24-16-14-10-8-6-4-2/h18-23,25,28,33H,3-17,24,26-27H2,1-2H3/t28-,33-. The van der Waals surface area contributed by atoms with E-state index in [9.17, 15) is 0 Å². The summed E-state index contributed by atoms with van der Waals surface area (Å²) in [6.07, 6.45) is 21.4. The Bertz CT molecular complexity index is 812. The molecule has 0 saturated carbocycles. The average Bonchev–Trinajstić information content (AvgIpc) is 2.95. The summed E-state index contributed by atoms with van der Waals surface area (Å²) in [5.74, 6) is 1.45. The van der Waals surface area contributed by atoms with Crippen molar-refractivity contribution in [1.29, 1.82) is 0 Å². The zero-order chi connectivity index (χ0) is 26.0. The summed E-state index contributed by atoms with van der Waals surface area (Å²) < 4.78 is 18.0. The van der Waals surface area contributed by atoms with Crippen LogP contribution in [-0.2, 0) is 9.47 Å². The molecule has 0 aliphatic carbocycles. The predicted octanol–water partition coefficient (Wildman–Crippen LogP) is 9.68. The summed E-state index contributed by atoms with van der Waals surface area (Å²) in [6.45, 7) is 6.88. The van der Waals surface area contributed by atoms with Crippen molar-refractivity contribution in [3.63, 3.8) is 0 Å². The maximum Gasteiger partial charge on any atom is 0.185 e. The molecule has 1 fully saturated rings. The van der Waals surface area contributed by atoms with E-state index in [1.54, 1.807) is 0 Å². The molecule has 1 aliphatic heterocycles. The van der Waals surface area contributed by atoms with E-state index in [-0.39, 0.29) is 6.29 Å². The summed E-state index contributed by atoms with van der Waals surface area (Å²) in [6, 6.07) is 12.4. The van der Waals surface area contributed by atoms with Crippen molar-refractivity contribution < 1.29 is 14.2 Å². The molecule has 1 saturated heterocycles. The second-order valence-electron chi connectivity index (χ2n) is 10.7. The second kappa shape index (κ2) is 18.4. The first-order valence-corrected chi connectivity index (χ1v) is 15.2. The van der Waals surface area contributed by atoms with Gasteiger partial charge in [0.15, 0.2) is 6.29 Å². The first kappa shape index (κ1) is 29.6.